The lowest BCUT2D eigenvalue weighted by molar-refractivity contribution is 0.237. The van der Waals surface area contributed by atoms with Crippen LogP contribution in [-0.4, -0.2) is 21.6 Å². The van der Waals surface area contributed by atoms with Crippen LogP contribution in [-0.2, 0) is 5.41 Å². The second-order valence-corrected chi connectivity index (χ2v) is 6.40. The molecular weight excluding hydrogens is 226 g/mol. The zero-order valence-corrected chi connectivity index (χ0v) is 12.3. The highest BCUT2D eigenvalue weighted by atomic mass is 16.2. The van der Waals surface area contributed by atoms with Crippen molar-refractivity contribution < 1.29 is 4.79 Å². The number of hydrogen-bond donors (Lipinski definition) is 1. The molecule has 1 N–H and O–H groups in total. The van der Waals surface area contributed by atoms with E-state index in [-0.39, 0.29) is 17.5 Å². The highest BCUT2D eigenvalue weighted by molar-refractivity contribution is 5.76. The molecule has 1 amide bonds. The van der Waals surface area contributed by atoms with Gasteiger partial charge in [0.15, 0.2) is 0 Å². The van der Waals surface area contributed by atoms with Crippen molar-refractivity contribution in [3.8, 4) is 0 Å². The number of carbonyl (C=O) groups excluding carboxylic acids is 1. The first-order chi connectivity index (χ1) is 8.20. The Morgan fingerprint density at radius 2 is 2.00 bits per heavy atom. The van der Waals surface area contributed by atoms with Crippen molar-refractivity contribution in [3.63, 3.8) is 0 Å². The molecule has 0 aliphatic rings. The van der Waals surface area contributed by atoms with Gasteiger partial charge in [0.2, 0.25) is 0 Å². The summed E-state index contributed by atoms with van der Waals surface area (Å²) in [7, 11) is 0. The molecule has 4 heteroatoms. The van der Waals surface area contributed by atoms with Crippen molar-refractivity contribution in [1.82, 2.24) is 14.9 Å². The smallest absolute Gasteiger partial charge is 0.327 e. The standard InChI is InChI=1S/C14H25N3O/c1-10(2)7-11(3)16-13(18)17-8-12(15-9-17)14(4,5)6/h8-11H,7H2,1-6H3,(H,16,18). The molecule has 4 nitrogen and oxygen atoms in total. The van der Waals surface area contributed by atoms with Crippen molar-refractivity contribution in [3.05, 3.63) is 18.2 Å². The molecule has 1 unspecified atom stereocenters. The van der Waals surface area contributed by atoms with Gasteiger partial charge in [0.1, 0.15) is 6.33 Å². The van der Waals surface area contributed by atoms with E-state index in [1.807, 2.05) is 6.92 Å². The minimum atomic E-state index is -0.105. The van der Waals surface area contributed by atoms with Gasteiger partial charge in [0.05, 0.1) is 5.69 Å². The number of aromatic nitrogens is 2. The lowest BCUT2D eigenvalue weighted by Crippen LogP contribution is -2.36. The van der Waals surface area contributed by atoms with Crippen molar-refractivity contribution in [2.45, 2.75) is 59.4 Å². The molecule has 1 aromatic heterocycles. The van der Waals surface area contributed by atoms with Crippen LogP contribution in [0.2, 0.25) is 0 Å². The van der Waals surface area contributed by atoms with Gasteiger partial charge >= 0.3 is 6.03 Å². The second kappa shape index (κ2) is 5.55. The van der Waals surface area contributed by atoms with E-state index in [0.29, 0.717) is 5.92 Å². The molecule has 1 rings (SSSR count). The zero-order valence-electron chi connectivity index (χ0n) is 12.3. The quantitative estimate of drug-likeness (QED) is 0.897. The topological polar surface area (TPSA) is 46.9 Å². The summed E-state index contributed by atoms with van der Waals surface area (Å²) in [5.41, 5.74) is 0.892. The summed E-state index contributed by atoms with van der Waals surface area (Å²) in [6, 6.07) is 0.0733. The lowest BCUT2D eigenvalue weighted by atomic mass is 9.93. The van der Waals surface area contributed by atoms with Gasteiger partial charge in [-0.3, -0.25) is 4.57 Å². The fourth-order valence-electron chi connectivity index (χ4n) is 1.87. The van der Waals surface area contributed by atoms with E-state index in [1.54, 1.807) is 12.5 Å². The number of nitrogens with zero attached hydrogens (tertiary/aromatic N) is 2. The van der Waals surface area contributed by atoms with E-state index in [1.165, 1.54) is 4.57 Å². The molecule has 0 saturated carbocycles. The van der Waals surface area contributed by atoms with Crippen LogP contribution in [0.15, 0.2) is 12.5 Å². The summed E-state index contributed by atoms with van der Waals surface area (Å²) in [5, 5.41) is 2.98. The van der Waals surface area contributed by atoms with Crippen LogP contribution in [0.4, 0.5) is 4.79 Å². The molecule has 0 aliphatic heterocycles. The van der Waals surface area contributed by atoms with Crippen LogP contribution < -0.4 is 5.32 Å². The summed E-state index contributed by atoms with van der Waals surface area (Å²) in [4.78, 5) is 16.3. The highest BCUT2D eigenvalue weighted by Crippen LogP contribution is 2.19. The van der Waals surface area contributed by atoms with E-state index < -0.39 is 0 Å². The molecule has 0 saturated heterocycles. The van der Waals surface area contributed by atoms with E-state index in [2.05, 4.69) is 44.9 Å². The summed E-state index contributed by atoms with van der Waals surface area (Å²) in [6.07, 6.45) is 4.36. The molecule has 0 spiro atoms. The van der Waals surface area contributed by atoms with Crippen molar-refractivity contribution in [2.75, 3.05) is 0 Å². The minimum absolute atomic E-state index is 0.0327. The Labute approximate surface area is 110 Å². The summed E-state index contributed by atoms with van der Waals surface area (Å²) in [5.74, 6) is 0.577. The number of rotatable bonds is 3. The first-order valence-corrected chi connectivity index (χ1v) is 6.55. The van der Waals surface area contributed by atoms with Gasteiger partial charge in [0.25, 0.3) is 0 Å². The second-order valence-electron chi connectivity index (χ2n) is 6.40. The molecule has 0 aliphatic carbocycles. The fourth-order valence-corrected chi connectivity index (χ4v) is 1.87. The molecule has 0 bridgehead atoms. The molecular formula is C14H25N3O. The summed E-state index contributed by atoms with van der Waals surface area (Å²) in [6.45, 7) is 12.6. The van der Waals surface area contributed by atoms with Crippen LogP contribution >= 0.6 is 0 Å². The maximum absolute atomic E-state index is 12.0. The maximum Gasteiger partial charge on any atom is 0.327 e. The Morgan fingerprint density at radius 1 is 1.39 bits per heavy atom. The Hall–Kier alpha value is -1.32. The van der Waals surface area contributed by atoms with Gasteiger partial charge in [-0.25, -0.2) is 9.78 Å². The van der Waals surface area contributed by atoms with Gasteiger partial charge in [0, 0.05) is 17.7 Å². The zero-order chi connectivity index (χ0) is 13.9. The first-order valence-electron chi connectivity index (χ1n) is 6.55. The summed E-state index contributed by atoms with van der Waals surface area (Å²) < 4.78 is 1.53. The SMILES string of the molecule is CC(C)CC(C)NC(=O)n1cnc(C(C)(C)C)c1. The van der Waals surface area contributed by atoms with E-state index in [0.717, 1.165) is 12.1 Å². The minimum Gasteiger partial charge on any atom is -0.335 e. The molecule has 18 heavy (non-hydrogen) atoms. The van der Waals surface area contributed by atoms with Gasteiger partial charge in [-0.2, -0.15) is 0 Å². The molecule has 0 aromatic carbocycles. The monoisotopic (exact) mass is 251 g/mol. The molecule has 102 valence electrons. The molecule has 1 aromatic rings. The van der Waals surface area contributed by atoms with E-state index in [9.17, 15) is 4.79 Å². The largest absolute Gasteiger partial charge is 0.335 e. The molecule has 0 fully saturated rings. The van der Waals surface area contributed by atoms with Gasteiger partial charge in [-0.05, 0) is 19.3 Å². The molecule has 0 radical (unpaired) electrons. The number of imidazole rings is 1. The maximum atomic E-state index is 12.0. The van der Waals surface area contributed by atoms with Crippen LogP contribution in [0, 0.1) is 5.92 Å². The Bertz CT molecular complexity index is 401. The Kier molecular flexibility index (Phi) is 4.54. The Morgan fingerprint density at radius 3 is 2.44 bits per heavy atom. The molecule has 1 atom stereocenters. The predicted molar refractivity (Wildman–Crippen MR) is 73.8 cm³/mol. The highest BCUT2D eigenvalue weighted by Gasteiger charge is 2.18. The van der Waals surface area contributed by atoms with Crippen LogP contribution in [0.5, 0.6) is 0 Å². The van der Waals surface area contributed by atoms with Crippen LogP contribution in [0.3, 0.4) is 0 Å². The third-order valence-electron chi connectivity index (χ3n) is 2.78. The van der Waals surface area contributed by atoms with Crippen LogP contribution in [0.25, 0.3) is 0 Å². The van der Waals surface area contributed by atoms with Crippen molar-refractivity contribution in [1.29, 1.82) is 0 Å². The van der Waals surface area contributed by atoms with E-state index >= 15 is 0 Å². The van der Waals surface area contributed by atoms with Gasteiger partial charge in [-0.1, -0.05) is 34.6 Å². The average molecular weight is 251 g/mol. The van der Waals surface area contributed by atoms with Gasteiger partial charge < -0.3 is 5.32 Å². The summed E-state index contributed by atoms with van der Waals surface area (Å²) >= 11 is 0. The first kappa shape index (κ1) is 14.7. The van der Waals surface area contributed by atoms with Crippen LogP contribution in [0.1, 0.15) is 53.7 Å². The Balaban J connectivity index is 2.65. The fraction of sp³-hybridized carbons (Fsp3) is 0.714. The number of amides is 1. The lowest BCUT2D eigenvalue weighted by Gasteiger charge is -2.16. The number of carbonyl (C=O) groups is 1. The van der Waals surface area contributed by atoms with Crippen molar-refractivity contribution >= 4 is 6.03 Å². The van der Waals surface area contributed by atoms with Gasteiger partial charge in [-0.15, -0.1) is 0 Å². The van der Waals surface area contributed by atoms with Crippen molar-refractivity contribution in [2.24, 2.45) is 5.92 Å². The third kappa shape index (κ3) is 4.17. The normalized spacial score (nSPS) is 13.7. The predicted octanol–water partition coefficient (Wildman–Crippen LogP) is 3.17. The third-order valence-corrected chi connectivity index (χ3v) is 2.78. The van der Waals surface area contributed by atoms with E-state index in [4.69, 9.17) is 0 Å². The number of hydrogen-bond acceptors (Lipinski definition) is 2. The number of nitrogens with one attached hydrogen (secondary N) is 1. The average Bonchev–Trinajstić information content (AvgIpc) is 2.63. The molecule has 1 heterocycles.